The van der Waals surface area contributed by atoms with Gasteiger partial charge in [0.05, 0.1) is 23.3 Å². The highest BCUT2D eigenvalue weighted by Crippen LogP contribution is 2.25. The standard InChI is InChI=1S/C14H16N2O4S/c15-8-12-2-1-3-13(12)16-21(19,20)9-10-4-6-11(7-5-10)14(17)18/h4-7,12-13,16H,1-3,9H2,(H,17,18). The Morgan fingerprint density at radius 2 is 2.00 bits per heavy atom. The summed E-state index contributed by atoms with van der Waals surface area (Å²) in [6.45, 7) is 0. The third-order valence-corrected chi connectivity index (χ3v) is 4.95. The number of benzene rings is 1. The lowest BCUT2D eigenvalue weighted by Crippen LogP contribution is -2.37. The summed E-state index contributed by atoms with van der Waals surface area (Å²) in [7, 11) is -3.54. The Morgan fingerprint density at radius 1 is 1.33 bits per heavy atom. The lowest BCUT2D eigenvalue weighted by Gasteiger charge is -2.15. The average molecular weight is 308 g/mol. The van der Waals surface area contributed by atoms with Crippen LogP contribution in [0.5, 0.6) is 0 Å². The van der Waals surface area contributed by atoms with Gasteiger partial charge in [-0.3, -0.25) is 0 Å². The quantitative estimate of drug-likeness (QED) is 0.857. The van der Waals surface area contributed by atoms with E-state index in [1.807, 2.05) is 0 Å². The first kappa shape index (κ1) is 15.5. The fourth-order valence-electron chi connectivity index (χ4n) is 2.49. The summed E-state index contributed by atoms with van der Waals surface area (Å²) < 4.78 is 26.8. The number of carbonyl (C=O) groups is 1. The Bertz CT molecular complexity index is 661. The van der Waals surface area contributed by atoms with Gasteiger partial charge in [-0.1, -0.05) is 18.6 Å². The molecule has 1 aromatic rings. The van der Waals surface area contributed by atoms with Crippen molar-refractivity contribution >= 4 is 16.0 Å². The summed E-state index contributed by atoms with van der Waals surface area (Å²) in [5.41, 5.74) is 0.628. The molecule has 0 saturated heterocycles. The van der Waals surface area contributed by atoms with Crippen LogP contribution in [0, 0.1) is 17.2 Å². The predicted octanol–water partition coefficient (Wildman–Crippen LogP) is 1.50. The number of nitrogens with zero attached hydrogens (tertiary/aromatic N) is 1. The highest BCUT2D eigenvalue weighted by Gasteiger charge is 2.30. The molecule has 112 valence electrons. The van der Waals surface area contributed by atoms with Crippen molar-refractivity contribution in [2.24, 2.45) is 5.92 Å². The second-order valence-electron chi connectivity index (χ2n) is 5.15. The zero-order valence-electron chi connectivity index (χ0n) is 11.3. The van der Waals surface area contributed by atoms with Gasteiger partial charge < -0.3 is 5.11 Å². The molecule has 2 atom stereocenters. The molecule has 0 radical (unpaired) electrons. The molecule has 0 heterocycles. The van der Waals surface area contributed by atoms with E-state index >= 15 is 0 Å². The van der Waals surface area contributed by atoms with Crippen LogP contribution in [0.25, 0.3) is 0 Å². The number of rotatable bonds is 5. The van der Waals surface area contributed by atoms with Crippen molar-refractivity contribution in [3.05, 3.63) is 35.4 Å². The summed E-state index contributed by atoms with van der Waals surface area (Å²) in [5.74, 6) is -1.54. The first-order chi connectivity index (χ1) is 9.91. The fraction of sp³-hybridized carbons (Fsp3) is 0.429. The summed E-state index contributed by atoms with van der Waals surface area (Å²) in [6, 6.07) is 7.53. The van der Waals surface area contributed by atoms with E-state index in [-0.39, 0.29) is 23.3 Å². The highest BCUT2D eigenvalue weighted by molar-refractivity contribution is 7.88. The second-order valence-corrected chi connectivity index (χ2v) is 6.91. The van der Waals surface area contributed by atoms with Crippen molar-refractivity contribution in [1.82, 2.24) is 4.72 Å². The van der Waals surface area contributed by atoms with Crippen molar-refractivity contribution in [2.75, 3.05) is 0 Å². The molecule has 2 unspecified atom stereocenters. The summed E-state index contributed by atoms with van der Waals surface area (Å²) in [4.78, 5) is 10.7. The predicted molar refractivity (Wildman–Crippen MR) is 75.9 cm³/mol. The van der Waals surface area contributed by atoms with E-state index in [0.29, 0.717) is 12.0 Å². The SMILES string of the molecule is N#CC1CCCC1NS(=O)(=O)Cc1ccc(C(=O)O)cc1. The zero-order valence-corrected chi connectivity index (χ0v) is 12.1. The number of sulfonamides is 1. The first-order valence-corrected chi connectivity index (χ1v) is 8.28. The van der Waals surface area contributed by atoms with Gasteiger partial charge in [-0.05, 0) is 30.5 Å². The van der Waals surface area contributed by atoms with Gasteiger partial charge in [0.2, 0.25) is 10.0 Å². The lowest BCUT2D eigenvalue weighted by molar-refractivity contribution is 0.0697. The van der Waals surface area contributed by atoms with Gasteiger partial charge in [0.1, 0.15) is 0 Å². The molecule has 0 aromatic heterocycles. The van der Waals surface area contributed by atoms with E-state index in [0.717, 1.165) is 12.8 Å². The smallest absolute Gasteiger partial charge is 0.335 e. The van der Waals surface area contributed by atoms with E-state index in [1.54, 1.807) is 0 Å². The molecule has 0 aliphatic heterocycles. The van der Waals surface area contributed by atoms with Crippen LogP contribution >= 0.6 is 0 Å². The van der Waals surface area contributed by atoms with E-state index in [2.05, 4.69) is 10.8 Å². The van der Waals surface area contributed by atoms with Gasteiger partial charge in [0.25, 0.3) is 0 Å². The van der Waals surface area contributed by atoms with Crippen LogP contribution in [-0.4, -0.2) is 25.5 Å². The van der Waals surface area contributed by atoms with E-state index < -0.39 is 16.0 Å². The molecule has 0 amide bonds. The lowest BCUT2D eigenvalue weighted by atomic mass is 10.1. The van der Waals surface area contributed by atoms with Crippen molar-refractivity contribution < 1.29 is 18.3 Å². The van der Waals surface area contributed by atoms with Crippen LogP contribution in [0.1, 0.15) is 35.2 Å². The van der Waals surface area contributed by atoms with Crippen LogP contribution in [0.4, 0.5) is 0 Å². The molecule has 1 fully saturated rings. The van der Waals surface area contributed by atoms with Crippen LogP contribution in [0.15, 0.2) is 24.3 Å². The van der Waals surface area contributed by atoms with Gasteiger partial charge in [-0.15, -0.1) is 0 Å². The third-order valence-electron chi connectivity index (χ3n) is 3.57. The van der Waals surface area contributed by atoms with Crippen LogP contribution in [-0.2, 0) is 15.8 Å². The number of nitrogens with one attached hydrogen (secondary N) is 1. The van der Waals surface area contributed by atoms with E-state index in [1.165, 1.54) is 24.3 Å². The maximum Gasteiger partial charge on any atom is 0.335 e. The van der Waals surface area contributed by atoms with E-state index in [9.17, 15) is 13.2 Å². The summed E-state index contributed by atoms with van der Waals surface area (Å²) in [6.07, 6.45) is 2.24. The first-order valence-electron chi connectivity index (χ1n) is 6.63. The molecule has 0 bridgehead atoms. The Hall–Kier alpha value is -1.91. The molecule has 1 saturated carbocycles. The molecule has 21 heavy (non-hydrogen) atoms. The van der Waals surface area contributed by atoms with Crippen LogP contribution in [0.2, 0.25) is 0 Å². The average Bonchev–Trinajstić information content (AvgIpc) is 2.85. The minimum Gasteiger partial charge on any atom is -0.478 e. The normalized spacial score (nSPS) is 21.9. The molecule has 0 spiro atoms. The molecule has 6 nitrogen and oxygen atoms in total. The van der Waals surface area contributed by atoms with Crippen LogP contribution < -0.4 is 4.72 Å². The Labute approximate surface area is 123 Å². The zero-order chi connectivity index (χ0) is 15.5. The van der Waals surface area contributed by atoms with Crippen molar-refractivity contribution in [3.63, 3.8) is 0 Å². The highest BCUT2D eigenvalue weighted by atomic mass is 32.2. The van der Waals surface area contributed by atoms with Crippen LogP contribution in [0.3, 0.4) is 0 Å². The molecule has 1 aromatic carbocycles. The van der Waals surface area contributed by atoms with Crippen molar-refractivity contribution in [1.29, 1.82) is 5.26 Å². The largest absolute Gasteiger partial charge is 0.478 e. The number of hydrogen-bond donors (Lipinski definition) is 2. The summed E-state index contributed by atoms with van der Waals surface area (Å²) >= 11 is 0. The molecule has 2 N–H and O–H groups in total. The second kappa shape index (κ2) is 6.24. The Kier molecular flexibility index (Phi) is 4.60. The third kappa shape index (κ3) is 4.03. The van der Waals surface area contributed by atoms with Crippen molar-refractivity contribution in [3.8, 4) is 6.07 Å². The minimum absolute atomic E-state index is 0.115. The van der Waals surface area contributed by atoms with Gasteiger partial charge >= 0.3 is 5.97 Å². The summed E-state index contributed by atoms with van der Waals surface area (Å²) in [5, 5.41) is 17.8. The monoisotopic (exact) mass is 308 g/mol. The number of hydrogen-bond acceptors (Lipinski definition) is 4. The van der Waals surface area contributed by atoms with E-state index in [4.69, 9.17) is 10.4 Å². The van der Waals surface area contributed by atoms with Gasteiger partial charge in [0, 0.05) is 6.04 Å². The van der Waals surface area contributed by atoms with Gasteiger partial charge in [-0.2, -0.15) is 5.26 Å². The Morgan fingerprint density at radius 3 is 2.57 bits per heavy atom. The Balaban J connectivity index is 2.04. The van der Waals surface area contributed by atoms with Crippen molar-refractivity contribution in [2.45, 2.75) is 31.1 Å². The molecule has 2 rings (SSSR count). The molecule has 1 aliphatic rings. The fourth-order valence-corrected chi connectivity index (χ4v) is 3.95. The molecule has 1 aliphatic carbocycles. The number of aromatic carboxylic acids is 1. The molecule has 7 heteroatoms. The minimum atomic E-state index is -3.54. The number of nitriles is 1. The molecular formula is C14H16N2O4S. The molecular weight excluding hydrogens is 292 g/mol. The number of carboxylic acids is 1. The maximum absolute atomic E-state index is 12.1. The van der Waals surface area contributed by atoms with Gasteiger partial charge in [-0.25, -0.2) is 17.9 Å². The topological polar surface area (TPSA) is 107 Å². The van der Waals surface area contributed by atoms with Gasteiger partial charge in [0.15, 0.2) is 0 Å². The number of carboxylic acid groups (broad SMARTS) is 1. The maximum atomic E-state index is 12.1.